The van der Waals surface area contributed by atoms with E-state index >= 15 is 0 Å². The van der Waals surface area contributed by atoms with Crippen LogP contribution in [0.3, 0.4) is 0 Å². The predicted molar refractivity (Wildman–Crippen MR) is 52.0 cm³/mol. The largest absolute Gasteiger partial charge is 0.344 e. The minimum Gasteiger partial charge on any atom is -0.344 e. The molecule has 1 unspecified atom stereocenters. The second-order valence-electron chi connectivity index (χ2n) is 3.26. The quantitative estimate of drug-likeness (QED) is 0.733. The third-order valence-electron chi connectivity index (χ3n) is 2.41. The second-order valence-corrected chi connectivity index (χ2v) is 3.97. The van der Waals surface area contributed by atoms with Gasteiger partial charge in [0, 0.05) is 31.2 Å². The van der Waals surface area contributed by atoms with Crippen LogP contribution in [0.25, 0.3) is 0 Å². The standard InChI is InChI=1S/C7H13N5S/c1-12(7-9-10-11-13-7)6-3-2-4-8-5-6/h6,8H,2-5H2,1H3. The number of nitrogens with one attached hydrogen (secondary N) is 1. The summed E-state index contributed by atoms with van der Waals surface area (Å²) < 4.78 is 3.76. The van der Waals surface area contributed by atoms with E-state index in [4.69, 9.17) is 0 Å². The van der Waals surface area contributed by atoms with Gasteiger partial charge < -0.3 is 10.2 Å². The summed E-state index contributed by atoms with van der Waals surface area (Å²) in [6, 6.07) is 0.545. The number of anilines is 1. The third kappa shape index (κ3) is 1.94. The summed E-state index contributed by atoms with van der Waals surface area (Å²) in [5.41, 5.74) is 0. The van der Waals surface area contributed by atoms with E-state index in [0.29, 0.717) is 6.04 Å². The Hall–Kier alpha value is -0.750. The number of hydrogen-bond acceptors (Lipinski definition) is 6. The molecule has 0 amide bonds. The van der Waals surface area contributed by atoms with Crippen molar-refractivity contribution in [1.82, 2.24) is 20.1 Å². The molecule has 1 N–H and O–H groups in total. The topological polar surface area (TPSA) is 53.9 Å². The van der Waals surface area contributed by atoms with Crippen LogP contribution in [0.1, 0.15) is 12.8 Å². The molecule has 0 aromatic carbocycles. The van der Waals surface area contributed by atoms with Gasteiger partial charge in [-0.1, -0.05) is 9.59 Å². The Balaban J connectivity index is 1.99. The molecule has 0 bridgehead atoms. The average molecular weight is 199 g/mol. The van der Waals surface area contributed by atoms with Gasteiger partial charge >= 0.3 is 0 Å². The molecule has 1 aliphatic heterocycles. The minimum atomic E-state index is 0.545. The maximum atomic E-state index is 3.95. The smallest absolute Gasteiger partial charge is 0.227 e. The van der Waals surface area contributed by atoms with Crippen molar-refractivity contribution in [3.05, 3.63) is 0 Å². The van der Waals surface area contributed by atoms with E-state index in [0.717, 1.165) is 18.2 Å². The van der Waals surface area contributed by atoms with E-state index in [1.165, 1.54) is 24.4 Å². The lowest BCUT2D eigenvalue weighted by atomic mass is 10.1. The number of aromatic nitrogens is 3. The monoisotopic (exact) mass is 199 g/mol. The van der Waals surface area contributed by atoms with E-state index in [9.17, 15) is 0 Å². The van der Waals surface area contributed by atoms with Gasteiger partial charge in [-0.3, -0.25) is 0 Å². The van der Waals surface area contributed by atoms with Crippen LogP contribution in [0.15, 0.2) is 0 Å². The molecule has 5 nitrogen and oxygen atoms in total. The van der Waals surface area contributed by atoms with Crippen molar-refractivity contribution in [3.8, 4) is 0 Å². The molecule has 1 aromatic heterocycles. The highest BCUT2D eigenvalue weighted by molar-refractivity contribution is 7.09. The maximum Gasteiger partial charge on any atom is 0.227 e. The van der Waals surface area contributed by atoms with Gasteiger partial charge in [0.05, 0.1) is 0 Å². The molecule has 13 heavy (non-hydrogen) atoms. The molecule has 0 saturated carbocycles. The van der Waals surface area contributed by atoms with Gasteiger partial charge in [-0.25, -0.2) is 0 Å². The lowest BCUT2D eigenvalue weighted by Crippen LogP contribution is -2.44. The number of piperidine rings is 1. The molecule has 2 heterocycles. The summed E-state index contributed by atoms with van der Waals surface area (Å²) in [6.45, 7) is 2.18. The molecule has 1 atom stereocenters. The van der Waals surface area contributed by atoms with E-state index in [2.05, 4.69) is 32.1 Å². The first-order valence-corrected chi connectivity index (χ1v) is 5.24. The molecule has 0 radical (unpaired) electrons. The van der Waals surface area contributed by atoms with Gasteiger partial charge in [-0.2, -0.15) is 0 Å². The van der Waals surface area contributed by atoms with Crippen LogP contribution in [-0.4, -0.2) is 41.0 Å². The SMILES string of the molecule is CN(c1nnns1)C1CCCNC1. The zero-order valence-electron chi connectivity index (χ0n) is 7.60. The van der Waals surface area contributed by atoms with Gasteiger partial charge in [0.15, 0.2) is 0 Å². The molecule has 6 heteroatoms. The molecule has 1 saturated heterocycles. The number of nitrogens with zero attached hydrogens (tertiary/aromatic N) is 4. The summed E-state index contributed by atoms with van der Waals surface area (Å²) in [5, 5.41) is 11.8. The van der Waals surface area contributed by atoms with E-state index < -0.39 is 0 Å². The predicted octanol–water partition coefficient (Wildman–Crippen LogP) is 0.121. The Labute approximate surface area is 81.3 Å². The molecule has 2 rings (SSSR count). The molecular formula is C7H13N5S. The molecule has 1 fully saturated rings. The fourth-order valence-corrected chi connectivity index (χ4v) is 2.08. The second kappa shape index (κ2) is 3.97. The average Bonchev–Trinajstić information content (AvgIpc) is 2.71. The molecule has 0 spiro atoms. The Morgan fingerprint density at radius 3 is 3.15 bits per heavy atom. The van der Waals surface area contributed by atoms with Crippen LogP contribution in [0.2, 0.25) is 0 Å². The lowest BCUT2D eigenvalue weighted by Gasteiger charge is -2.30. The molecule has 72 valence electrons. The van der Waals surface area contributed by atoms with E-state index in [1.807, 2.05) is 0 Å². The van der Waals surface area contributed by atoms with Gasteiger partial charge in [0.25, 0.3) is 0 Å². The number of hydrogen-bond donors (Lipinski definition) is 1. The minimum absolute atomic E-state index is 0.545. The molecular weight excluding hydrogens is 186 g/mol. The van der Waals surface area contributed by atoms with Crippen molar-refractivity contribution < 1.29 is 0 Å². The fourth-order valence-electron chi connectivity index (χ4n) is 1.58. The Morgan fingerprint density at radius 1 is 1.62 bits per heavy atom. The van der Waals surface area contributed by atoms with Gasteiger partial charge in [0.1, 0.15) is 0 Å². The third-order valence-corrected chi connectivity index (χ3v) is 3.10. The zero-order chi connectivity index (χ0) is 9.10. The van der Waals surface area contributed by atoms with Crippen LogP contribution in [-0.2, 0) is 0 Å². The van der Waals surface area contributed by atoms with Crippen molar-refractivity contribution in [1.29, 1.82) is 0 Å². The van der Waals surface area contributed by atoms with Gasteiger partial charge in [0.2, 0.25) is 5.13 Å². The highest BCUT2D eigenvalue weighted by Crippen LogP contribution is 2.18. The summed E-state index contributed by atoms with van der Waals surface area (Å²) in [5.74, 6) is 0. The maximum absolute atomic E-state index is 3.95. The van der Waals surface area contributed by atoms with E-state index in [-0.39, 0.29) is 0 Å². The molecule has 1 aliphatic rings. The van der Waals surface area contributed by atoms with Crippen LogP contribution < -0.4 is 10.2 Å². The highest BCUT2D eigenvalue weighted by atomic mass is 32.1. The fraction of sp³-hybridized carbons (Fsp3) is 0.857. The van der Waals surface area contributed by atoms with Crippen molar-refractivity contribution in [2.45, 2.75) is 18.9 Å². The van der Waals surface area contributed by atoms with Gasteiger partial charge in [-0.15, -0.1) is 0 Å². The molecule has 0 aliphatic carbocycles. The van der Waals surface area contributed by atoms with E-state index in [1.54, 1.807) is 0 Å². The summed E-state index contributed by atoms with van der Waals surface area (Å²) in [7, 11) is 2.06. The Kier molecular flexibility index (Phi) is 2.70. The first-order valence-electron chi connectivity index (χ1n) is 4.46. The number of rotatable bonds is 2. The lowest BCUT2D eigenvalue weighted by molar-refractivity contribution is 0.444. The highest BCUT2D eigenvalue weighted by Gasteiger charge is 2.19. The molecule has 1 aromatic rings. The Bertz CT molecular complexity index is 243. The van der Waals surface area contributed by atoms with Crippen LogP contribution in [0.4, 0.5) is 5.13 Å². The normalized spacial score (nSPS) is 23.0. The summed E-state index contributed by atoms with van der Waals surface area (Å²) >= 11 is 1.35. The first-order chi connectivity index (χ1) is 6.38. The Morgan fingerprint density at radius 2 is 2.54 bits per heavy atom. The summed E-state index contributed by atoms with van der Waals surface area (Å²) in [6.07, 6.45) is 2.46. The summed E-state index contributed by atoms with van der Waals surface area (Å²) in [4.78, 5) is 2.16. The van der Waals surface area contributed by atoms with Crippen molar-refractivity contribution in [2.24, 2.45) is 0 Å². The van der Waals surface area contributed by atoms with Crippen molar-refractivity contribution >= 4 is 16.7 Å². The van der Waals surface area contributed by atoms with Crippen molar-refractivity contribution in [3.63, 3.8) is 0 Å². The zero-order valence-corrected chi connectivity index (χ0v) is 8.42. The van der Waals surface area contributed by atoms with Crippen LogP contribution in [0, 0.1) is 0 Å². The first kappa shape index (κ1) is 8.83. The number of likely N-dealkylation sites (N-methyl/N-ethyl adjacent to an activating group) is 1. The van der Waals surface area contributed by atoms with Crippen LogP contribution in [0.5, 0.6) is 0 Å². The van der Waals surface area contributed by atoms with Gasteiger partial charge in [-0.05, 0) is 24.6 Å². The van der Waals surface area contributed by atoms with Crippen molar-refractivity contribution in [2.75, 3.05) is 25.0 Å². The van der Waals surface area contributed by atoms with Crippen LogP contribution >= 0.6 is 11.5 Å².